The predicted molar refractivity (Wildman–Crippen MR) is 76.5 cm³/mol. The molecule has 0 spiro atoms. The Morgan fingerprint density at radius 1 is 1.17 bits per heavy atom. The predicted octanol–water partition coefficient (Wildman–Crippen LogP) is 3.55. The van der Waals surface area contributed by atoms with Gasteiger partial charge < -0.3 is 4.74 Å². The van der Waals surface area contributed by atoms with Gasteiger partial charge in [0.2, 0.25) is 0 Å². The molecule has 1 aliphatic rings. The Labute approximate surface area is 115 Å². The van der Waals surface area contributed by atoms with Crippen LogP contribution in [0.1, 0.15) is 25.7 Å². The first-order chi connectivity index (χ1) is 8.90. The van der Waals surface area contributed by atoms with Crippen LogP contribution >= 0.6 is 11.6 Å². The van der Waals surface area contributed by atoms with Gasteiger partial charge in [0, 0.05) is 18.5 Å². The number of hydrogen-bond donors (Lipinski definition) is 0. The summed E-state index contributed by atoms with van der Waals surface area (Å²) in [6, 6.07) is 10.5. The van der Waals surface area contributed by atoms with Crippen LogP contribution in [0, 0.1) is 0 Å². The monoisotopic (exact) mass is 267 g/mol. The normalized spacial score (nSPS) is 21.5. The molecule has 3 heteroatoms. The van der Waals surface area contributed by atoms with Crippen molar-refractivity contribution in [3.05, 3.63) is 30.3 Å². The van der Waals surface area contributed by atoms with Crippen molar-refractivity contribution < 1.29 is 4.74 Å². The van der Waals surface area contributed by atoms with E-state index in [9.17, 15) is 0 Å². The van der Waals surface area contributed by atoms with E-state index in [0.29, 0.717) is 6.04 Å². The Balaban J connectivity index is 1.77. The molecule has 0 saturated carbocycles. The lowest BCUT2D eigenvalue weighted by Gasteiger charge is -2.28. The van der Waals surface area contributed by atoms with Crippen LogP contribution in [-0.4, -0.2) is 36.5 Å². The standard InChI is InChI=1S/C15H22ClNO/c16-13-14-7-3-2-6-10-17(14)11-12-18-15-8-4-1-5-9-15/h1,4-5,8-9,14H,2-3,6-7,10-13H2. The van der Waals surface area contributed by atoms with Crippen molar-refractivity contribution in [1.82, 2.24) is 4.90 Å². The zero-order chi connectivity index (χ0) is 12.6. The van der Waals surface area contributed by atoms with Gasteiger partial charge in [-0.05, 0) is 31.5 Å². The maximum Gasteiger partial charge on any atom is 0.119 e. The molecule has 1 heterocycles. The number of alkyl halides is 1. The van der Waals surface area contributed by atoms with Crippen LogP contribution in [0.5, 0.6) is 5.75 Å². The van der Waals surface area contributed by atoms with Gasteiger partial charge in [-0.25, -0.2) is 0 Å². The number of halogens is 1. The summed E-state index contributed by atoms with van der Waals surface area (Å²) in [6.07, 6.45) is 5.17. The number of para-hydroxylation sites is 1. The molecule has 1 fully saturated rings. The zero-order valence-corrected chi connectivity index (χ0v) is 11.6. The molecule has 1 saturated heterocycles. The summed E-state index contributed by atoms with van der Waals surface area (Å²) < 4.78 is 5.76. The van der Waals surface area contributed by atoms with Gasteiger partial charge in [0.25, 0.3) is 0 Å². The van der Waals surface area contributed by atoms with E-state index < -0.39 is 0 Å². The maximum atomic E-state index is 6.06. The minimum atomic E-state index is 0.536. The third-order valence-electron chi connectivity index (χ3n) is 3.57. The molecular formula is C15H22ClNO. The number of nitrogens with zero attached hydrogens (tertiary/aromatic N) is 1. The van der Waals surface area contributed by atoms with Crippen LogP contribution in [0.4, 0.5) is 0 Å². The third-order valence-corrected chi connectivity index (χ3v) is 3.92. The van der Waals surface area contributed by atoms with Gasteiger partial charge in [-0.15, -0.1) is 11.6 Å². The average Bonchev–Trinajstić information content (AvgIpc) is 2.65. The second kappa shape index (κ2) is 7.65. The molecule has 0 bridgehead atoms. The van der Waals surface area contributed by atoms with Crippen molar-refractivity contribution in [3.8, 4) is 5.75 Å². The number of benzene rings is 1. The lowest BCUT2D eigenvalue weighted by atomic mass is 10.1. The fourth-order valence-corrected chi connectivity index (χ4v) is 2.85. The smallest absolute Gasteiger partial charge is 0.119 e. The molecule has 0 aromatic heterocycles. The van der Waals surface area contributed by atoms with Crippen LogP contribution in [-0.2, 0) is 0 Å². The highest BCUT2D eigenvalue weighted by Gasteiger charge is 2.19. The second-order valence-electron chi connectivity index (χ2n) is 4.85. The molecule has 0 amide bonds. The number of likely N-dealkylation sites (tertiary alicyclic amines) is 1. The van der Waals surface area contributed by atoms with Crippen molar-refractivity contribution in [2.24, 2.45) is 0 Å². The maximum absolute atomic E-state index is 6.06. The highest BCUT2D eigenvalue weighted by atomic mass is 35.5. The lowest BCUT2D eigenvalue weighted by molar-refractivity contribution is 0.172. The Kier molecular flexibility index (Phi) is 5.82. The molecule has 1 aromatic rings. The SMILES string of the molecule is ClCC1CCCCCN1CCOc1ccccc1. The Hall–Kier alpha value is -0.730. The van der Waals surface area contributed by atoms with E-state index in [2.05, 4.69) is 4.90 Å². The fraction of sp³-hybridized carbons (Fsp3) is 0.600. The van der Waals surface area contributed by atoms with Crippen molar-refractivity contribution in [3.63, 3.8) is 0 Å². The van der Waals surface area contributed by atoms with Gasteiger partial charge in [0.1, 0.15) is 12.4 Å². The number of rotatable bonds is 5. The van der Waals surface area contributed by atoms with Gasteiger partial charge >= 0.3 is 0 Å². The van der Waals surface area contributed by atoms with E-state index in [-0.39, 0.29) is 0 Å². The third kappa shape index (κ3) is 4.18. The summed E-state index contributed by atoms with van der Waals surface area (Å²) in [5.41, 5.74) is 0. The average molecular weight is 268 g/mol. The van der Waals surface area contributed by atoms with Gasteiger partial charge in [-0.2, -0.15) is 0 Å². The summed E-state index contributed by atoms with van der Waals surface area (Å²) >= 11 is 6.06. The molecule has 1 unspecified atom stereocenters. The van der Waals surface area contributed by atoms with E-state index in [1.54, 1.807) is 0 Å². The van der Waals surface area contributed by atoms with Crippen molar-refractivity contribution >= 4 is 11.6 Å². The number of ether oxygens (including phenoxy) is 1. The Morgan fingerprint density at radius 3 is 2.78 bits per heavy atom. The van der Waals surface area contributed by atoms with Gasteiger partial charge in [0.15, 0.2) is 0 Å². The molecule has 0 aliphatic carbocycles. The second-order valence-corrected chi connectivity index (χ2v) is 5.16. The topological polar surface area (TPSA) is 12.5 Å². The first kappa shape index (κ1) is 13.7. The molecule has 100 valence electrons. The summed E-state index contributed by atoms with van der Waals surface area (Å²) in [5.74, 6) is 1.69. The molecule has 18 heavy (non-hydrogen) atoms. The lowest BCUT2D eigenvalue weighted by Crippen LogP contribution is -2.38. The van der Waals surface area contributed by atoms with E-state index in [1.165, 1.54) is 25.7 Å². The fourth-order valence-electron chi connectivity index (χ4n) is 2.50. The van der Waals surface area contributed by atoms with Gasteiger partial charge in [-0.1, -0.05) is 31.0 Å². The first-order valence-electron chi connectivity index (χ1n) is 6.88. The first-order valence-corrected chi connectivity index (χ1v) is 7.41. The van der Waals surface area contributed by atoms with E-state index >= 15 is 0 Å². The minimum absolute atomic E-state index is 0.536. The molecule has 0 N–H and O–H groups in total. The zero-order valence-electron chi connectivity index (χ0n) is 10.9. The van der Waals surface area contributed by atoms with Gasteiger partial charge in [0.05, 0.1) is 0 Å². The van der Waals surface area contributed by atoms with E-state index in [1.807, 2.05) is 30.3 Å². The highest BCUT2D eigenvalue weighted by molar-refractivity contribution is 6.18. The van der Waals surface area contributed by atoms with Crippen LogP contribution in [0.3, 0.4) is 0 Å². The molecule has 1 atom stereocenters. The van der Waals surface area contributed by atoms with Crippen molar-refractivity contribution in [2.75, 3.05) is 25.6 Å². The Bertz CT molecular complexity index is 331. The summed E-state index contributed by atoms with van der Waals surface area (Å²) in [4.78, 5) is 2.49. The van der Waals surface area contributed by atoms with Crippen molar-refractivity contribution in [2.45, 2.75) is 31.7 Å². The van der Waals surface area contributed by atoms with Crippen LogP contribution in [0.2, 0.25) is 0 Å². The summed E-state index contributed by atoms with van der Waals surface area (Å²) in [5, 5.41) is 0. The molecule has 1 aromatic carbocycles. The van der Waals surface area contributed by atoms with Crippen LogP contribution < -0.4 is 4.74 Å². The quantitative estimate of drug-likeness (QED) is 0.757. The summed E-state index contributed by atoms with van der Waals surface area (Å²) in [7, 11) is 0. The van der Waals surface area contributed by atoms with E-state index in [4.69, 9.17) is 16.3 Å². The summed E-state index contributed by atoms with van der Waals surface area (Å²) in [6.45, 7) is 2.89. The van der Waals surface area contributed by atoms with Crippen LogP contribution in [0.15, 0.2) is 30.3 Å². The molecular weight excluding hydrogens is 246 g/mol. The molecule has 2 nitrogen and oxygen atoms in total. The minimum Gasteiger partial charge on any atom is -0.492 e. The Morgan fingerprint density at radius 2 is 2.00 bits per heavy atom. The highest BCUT2D eigenvalue weighted by Crippen LogP contribution is 2.17. The van der Waals surface area contributed by atoms with Crippen LogP contribution in [0.25, 0.3) is 0 Å². The largest absolute Gasteiger partial charge is 0.492 e. The van der Waals surface area contributed by atoms with E-state index in [0.717, 1.165) is 31.3 Å². The molecule has 0 radical (unpaired) electrons. The van der Waals surface area contributed by atoms with Gasteiger partial charge in [-0.3, -0.25) is 4.90 Å². The van der Waals surface area contributed by atoms with Crippen molar-refractivity contribution in [1.29, 1.82) is 0 Å². The molecule has 1 aliphatic heterocycles. The molecule has 2 rings (SSSR count). The number of hydrogen-bond acceptors (Lipinski definition) is 2.